The lowest BCUT2D eigenvalue weighted by Crippen LogP contribution is -2.42. The summed E-state index contributed by atoms with van der Waals surface area (Å²) in [6.45, 7) is 4.51. The first-order valence-electron chi connectivity index (χ1n) is 5.81. The van der Waals surface area contributed by atoms with Gasteiger partial charge >= 0.3 is 0 Å². The van der Waals surface area contributed by atoms with Crippen molar-refractivity contribution in [2.75, 3.05) is 12.8 Å². The maximum atomic E-state index is 12.0. The molecule has 98 valence electrons. The number of anilines is 1. The Morgan fingerprint density at radius 2 is 2.11 bits per heavy atom. The van der Waals surface area contributed by atoms with E-state index in [-0.39, 0.29) is 16.2 Å². The van der Waals surface area contributed by atoms with Gasteiger partial charge in [-0.25, -0.2) is 0 Å². The molecule has 1 aliphatic heterocycles. The monoisotopic (exact) mass is 266 g/mol. The van der Waals surface area contributed by atoms with Crippen molar-refractivity contribution in [3.8, 4) is 0 Å². The van der Waals surface area contributed by atoms with Crippen molar-refractivity contribution in [3.05, 3.63) is 29.8 Å². The zero-order chi connectivity index (χ0) is 13.3. The van der Waals surface area contributed by atoms with E-state index in [0.29, 0.717) is 12.2 Å². The largest absolute Gasteiger partial charge is 0.398 e. The number of para-hydroxylation sites is 1. The predicted molar refractivity (Wildman–Crippen MR) is 74.3 cm³/mol. The Hall–Kier alpha value is -1.20. The van der Waals surface area contributed by atoms with Gasteiger partial charge in [0.2, 0.25) is 0 Å². The third-order valence-electron chi connectivity index (χ3n) is 3.08. The van der Waals surface area contributed by atoms with Gasteiger partial charge in [0, 0.05) is 12.8 Å². The van der Waals surface area contributed by atoms with Gasteiger partial charge < -0.3 is 15.4 Å². The van der Waals surface area contributed by atoms with E-state index in [1.165, 1.54) is 11.8 Å². The molecule has 18 heavy (non-hydrogen) atoms. The Balaban J connectivity index is 2.23. The number of benzene rings is 1. The summed E-state index contributed by atoms with van der Waals surface area (Å²) in [5, 5.41) is 0.0371. The zero-order valence-electron chi connectivity index (χ0n) is 10.8. The van der Waals surface area contributed by atoms with Crippen LogP contribution in [-0.4, -0.2) is 28.2 Å². The maximum Gasteiger partial charge on any atom is 0.284 e. The van der Waals surface area contributed by atoms with Crippen molar-refractivity contribution < 1.29 is 9.53 Å². The van der Waals surface area contributed by atoms with Gasteiger partial charge in [-0.05, 0) is 25.5 Å². The summed E-state index contributed by atoms with van der Waals surface area (Å²) in [5.74, 6) is 0. The Morgan fingerprint density at radius 3 is 2.72 bits per heavy atom. The molecule has 1 heterocycles. The standard InChI is InChI=1S/C13H18N2O2S/c1-13(2)11(17-3)15(12(16)18-13)8-9-6-4-5-7-10(9)14/h4-7,11H,8,14H2,1-3H3. The van der Waals surface area contributed by atoms with Gasteiger partial charge in [0.15, 0.2) is 0 Å². The van der Waals surface area contributed by atoms with E-state index in [9.17, 15) is 4.79 Å². The highest BCUT2D eigenvalue weighted by molar-refractivity contribution is 8.15. The Morgan fingerprint density at radius 1 is 1.44 bits per heavy atom. The molecule has 0 aromatic heterocycles. The van der Waals surface area contributed by atoms with E-state index in [2.05, 4.69) is 0 Å². The molecule has 1 fully saturated rings. The fourth-order valence-electron chi connectivity index (χ4n) is 2.23. The van der Waals surface area contributed by atoms with E-state index >= 15 is 0 Å². The molecular weight excluding hydrogens is 248 g/mol. The number of hydrogen-bond donors (Lipinski definition) is 1. The van der Waals surface area contributed by atoms with Crippen LogP contribution in [0.5, 0.6) is 0 Å². The molecule has 0 spiro atoms. The number of carbonyl (C=O) groups excluding carboxylic acids is 1. The lowest BCUT2D eigenvalue weighted by Gasteiger charge is -2.29. The van der Waals surface area contributed by atoms with Crippen LogP contribution in [0, 0.1) is 0 Å². The molecule has 1 aliphatic rings. The van der Waals surface area contributed by atoms with Crippen molar-refractivity contribution >= 4 is 22.7 Å². The van der Waals surface area contributed by atoms with Gasteiger partial charge in [-0.3, -0.25) is 4.79 Å². The molecule has 1 unspecified atom stereocenters. The molecule has 5 heteroatoms. The first-order valence-corrected chi connectivity index (χ1v) is 6.63. The van der Waals surface area contributed by atoms with Gasteiger partial charge in [0.25, 0.3) is 5.24 Å². The fourth-order valence-corrected chi connectivity index (χ4v) is 3.28. The fraction of sp³-hybridized carbons (Fsp3) is 0.462. The smallest absolute Gasteiger partial charge is 0.284 e. The van der Waals surface area contributed by atoms with Crippen LogP contribution in [0.25, 0.3) is 0 Å². The van der Waals surface area contributed by atoms with Crippen molar-refractivity contribution in [1.82, 2.24) is 4.90 Å². The first kappa shape index (κ1) is 13.2. The molecule has 0 bridgehead atoms. The summed E-state index contributed by atoms with van der Waals surface area (Å²) in [7, 11) is 1.63. The van der Waals surface area contributed by atoms with Gasteiger partial charge in [0.05, 0.1) is 11.3 Å². The van der Waals surface area contributed by atoms with E-state index in [0.717, 1.165) is 5.56 Å². The highest BCUT2D eigenvalue weighted by Gasteiger charge is 2.47. The number of nitrogens with two attached hydrogens (primary N) is 1. The molecule has 0 saturated carbocycles. The number of nitrogen functional groups attached to an aromatic ring is 1. The van der Waals surface area contributed by atoms with Gasteiger partial charge in [0.1, 0.15) is 6.23 Å². The Kier molecular flexibility index (Phi) is 3.54. The van der Waals surface area contributed by atoms with E-state index in [1.54, 1.807) is 12.0 Å². The number of thioether (sulfide) groups is 1. The van der Waals surface area contributed by atoms with Gasteiger partial charge in [-0.1, -0.05) is 30.0 Å². The maximum absolute atomic E-state index is 12.0. The van der Waals surface area contributed by atoms with E-state index < -0.39 is 0 Å². The minimum atomic E-state index is -0.241. The molecule has 4 nitrogen and oxygen atoms in total. The van der Waals surface area contributed by atoms with E-state index in [1.807, 2.05) is 38.1 Å². The lowest BCUT2D eigenvalue weighted by molar-refractivity contribution is -0.0173. The molecule has 1 aromatic carbocycles. The van der Waals surface area contributed by atoms with Crippen LogP contribution in [-0.2, 0) is 11.3 Å². The van der Waals surface area contributed by atoms with Gasteiger partial charge in [-0.15, -0.1) is 0 Å². The van der Waals surface area contributed by atoms with Crippen LogP contribution >= 0.6 is 11.8 Å². The predicted octanol–water partition coefficient (Wildman–Crippen LogP) is 2.69. The molecule has 1 amide bonds. The molecule has 1 aromatic rings. The normalized spacial score (nSPS) is 22.5. The second-order valence-electron chi connectivity index (χ2n) is 4.89. The van der Waals surface area contributed by atoms with Crippen LogP contribution in [0.3, 0.4) is 0 Å². The third kappa shape index (κ3) is 2.33. The van der Waals surface area contributed by atoms with Crippen molar-refractivity contribution in [2.45, 2.75) is 31.4 Å². The Labute approximate surface area is 111 Å². The summed E-state index contributed by atoms with van der Waals surface area (Å²) >= 11 is 1.31. The number of nitrogens with zero attached hydrogens (tertiary/aromatic N) is 1. The highest BCUT2D eigenvalue weighted by Crippen LogP contribution is 2.42. The minimum absolute atomic E-state index is 0.0371. The average Bonchev–Trinajstić information content (AvgIpc) is 2.51. The molecule has 2 rings (SSSR count). The summed E-state index contributed by atoms with van der Waals surface area (Å²) in [6.07, 6.45) is -0.227. The number of ether oxygens (including phenoxy) is 1. The van der Waals surface area contributed by atoms with Crippen molar-refractivity contribution in [1.29, 1.82) is 0 Å². The number of methoxy groups -OCH3 is 1. The minimum Gasteiger partial charge on any atom is -0.398 e. The first-order chi connectivity index (χ1) is 8.45. The number of hydrogen-bond acceptors (Lipinski definition) is 4. The highest BCUT2D eigenvalue weighted by atomic mass is 32.2. The van der Waals surface area contributed by atoms with Crippen LogP contribution in [0.2, 0.25) is 0 Å². The number of amides is 1. The average molecular weight is 266 g/mol. The summed E-state index contributed by atoms with van der Waals surface area (Å²) in [4.78, 5) is 13.8. The SMILES string of the molecule is COC1N(Cc2ccccc2N)C(=O)SC1(C)C. The molecule has 1 saturated heterocycles. The van der Waals surface area contributed by atoms with Crippen molar-refractivity contribution in [3.63, 3.8) is 0 Å². The molecule has 2 N–H and O–H groups in total. The summed E-state index contributed by atoms with van der Waals surface area (Å²) in [6, 6.07) is 7.59. The van der Waals surface area contributed by atoms with Gasteiger partial charge in [-0.2, -0.15) is 0 Å². The third-order valence-corrected chi connectivity index (χ3v) is 4.22. The van der Waals surface area contributed by atoms with Crippen molar-refractivity contribution in [2.24, 2.45) is 0 Å². The van der Waals surface area contributed by atoms with E-state index in [4.69, 9.17) is 10.5 Å². The second kappa shape index (κ2) is 4.82. The molecular formula is C13H18N2O2S. The van der Waals surface area contributed by atoms with Crippen LogP contribution in [0.4, 0.5) is 10.5 Å². The molecule has 0 radical (unpaired) electrons. The summed E-state index contributed by atoms with van der Waals surface area (Å²) in [5.41, 5.74) is 7.57. The molecule has 0 aliphatic carbocycles. The number of carbonyl (C=O) groups is 1. The lowest BCUT2D eigenvalue weighted by atomic mass is 10.1. The number of rotatable bonds is 3. The Bertz CT molecular complexity index is 462. The second-order valence-corrected chi connectivity index (χ2v) is 6.49. The quantitative estimate of drug-likeness (QED) is 0.855. The van der Waals surface area contributed by atoms with Crippen LogP contribution in [0.1, 0.15) is 19.4 Å². The molecule has 1 atom stereocenters. The zero-order valence-corrected chi connectivity index (χ0v) is 11.7. The summed E-state index contributed by atoms with van der Waals surface area (Å²) < 4.78 is 5.22. The van der Waals surface area contributed by atoms with Crippen LogP contribution in [0.15, 0.2) is 24.3 Å². The topological polar surface area (TPSA) is 55.6 Å². The van der Waals surface area contributed by atoms with Crippen LogP contribution < -0.4 is 5.73 Å².